The standard InChI is InChI=1S/C18H28N4O/c1-14-2-3-17(20-12-14)21-18(23)16-6-10-22(11-7-16)13-15-4-8-19-9-5-15/h2-3,12,15-16,19H,4-11,13H2,1H3,(H,20,21,23). The molecular formula is C18H28N4O. The van der Waals surface area contributed by atoms with Gasteiger partial charge in [0.1, 0.15) is 5.82 Å². The van der Waals surface area contributed by atoms with Gasteiger partial charge >= 0.3 is 0 Å². The van der Waals surface area contributed by atoms with Crippen molar-refractivity contribution in [3.8, 4) is 0 Å². The number of hydrogen-bond donors (Lipinski definition) is 2. The van der Waals surface area contributed by atoms with E-state index in [-0.39, 0.29) is 11.8 Å². The van der Waals surface area contributed by atoms with Gasteiger partial charge in [0.25, 0.3) is 0 Å². The second kappa shape index (κ2) is 7.88. The van der Waals surface area contributed by atoms with Crippen LogP contribution in [0.3, 0.4) is 0 Å². The lowest BCUT2D eigenvalue weighted by Crippen LogP contribution is -2.42. The molecule has 3 rings (SSSR count). The summed E-state index contributed by atoms with van der Waals surface area (Å²) in [5, 5.41) is 6.38. The third-order valence-corrected chi connectivity index (χ3v) is 5.10. The molecule has 0 unspecified atom stereocenters. The summed E-state index contributed by atoms with van der Waals surface area (Å²) < 4.78 is 0. The minimum Gasteiger partial charge on any atom is -0.317 e. The molecule has 0 spiro atoms. The van der Waals surface area contributed by atoms with Crippen molar-refractivity contribution in [3.63, 3.8) is 0 Å². The Morgan fingerprint density at radius 2 is 2.00 bits per heavy atom. The molecule has 2 aliphatic heterocycles. The summed E-state index contributed by atoms with van der Waals surface area (Å²) in [6, 6.07) is 3.85. The molecular weight excluding hydrogens is 288 g/mol. The van der Waals surface area contributed by atoms with Gasteiger partial charge in [-0.05, 0) is 76.3 Å². The van der Waals surface area contributed by atoms with Gasteiger partial charge < -0.3 is 15.5 Å². The zero-order valence-corrected chi connectivity index (χ0v) is 14.1. The van der Waals surface area contributed by atoms with Crippen LogP contribution >= 0.6 is 0 Å². The quantitative estimate of drug-likeness (QED) is 0.892. The third kappa shape index (κ3) is 4.75. The van der Waals surface area contributed by atoms with Crippen LogP contribution in [0.25, 0.3) is 0 Å². The number of aryl methyl sites for hydroxylation is 1. The van der Waals surface area contributed by atoms with Crippen LogP contribution in [0, 0.1) is 18.8 Å². The number of aromatic nitrogens is 1. The molecule has 5 nitrogen and oxygen atoms in total. The highest BCUT2D eigenvalue weighted by atomic mass is 16.1. The van der Waals surface area contributed by atoms with E-state index in [1.807, 2.05) is 19.1 Å². The number of pyridine rings is 1. The summed E-state index contributed by atoms with van der Waals surface area (Å²) in [5.74, 6) is 1.75. The topological polar surface area (TPSA) is 57.3 Å². The molecule has 2 saturated heterocycles. The van der Waals surface area contributed by atoms with Gasteiger partial charge in [-0.15, -0.1) is 0 Å². The van der Waals surface area contributed by atoms with Crippen molar-refractivity contribution in [3.05, 3.63) is 23.9 Å². The van der Waals surface area contributed by atoms with E-state index in [9.17, 15) is 4.79 Å². The van der Waals surface area contributed by atoms with Gasteiger partial charge in [0, 0.05) is 18.7 Å². The van der Waals surface area contributed by atoms with E-state index in [0.29, 0.717) is 5.82 Å². The van der Waals surface area contributed by atoms with Crippen LogP contribution in [0.4, 0.5) is 5.82 Å². The molecule has 2 fully saturated rings. The normalized spacial score (nSPS) is 21.3. The Morgan fingerprint density at radius 1 is 1.26 bits per heavy atom. The fourth-order valence-corrected chi connectivity index (χ4v) is 3.58. The van der Waals surface area contributed by atoms with Crippen molar-refractivity contribution in [2.24, 2.45) is 11.8 Å². The van der Waals surface area contributed by atoms with Crippen LogP contribution < -0.4 is 10.6 Å². The maximum absolute atomic E-state index is 12.4. The fourth-order valence-electron chi connectivity index (χ4n) is 3.58. The van der Waals surface area contributed by atoms with E-state index in [4.69, 9.17) is 0 Å². The molecule has 2 aliphatic rings. The number of amides is 1. The first kappa shape index (κ1) is 16.4. The first-order chi connectivity index (χ1) is 11.2. The molecule has 23 heavy (non-hydrogen) atoms. The zero-order valence-electron chi connectivity index (χ0n) is 14.1. The van der Waals surface area contributed by atoms with Crippen LogP contribution in [0.5, 0.6) is 0 Å². The van der Waals surface area contributed by atoms with Gasteiger partial charge in [-0.3, -0.25) is 4.79 Å². The molecule has 126 valence electrons. The lowest BCUT2D eigenvalue weighted by atomic mass is 9.93. The molecule has 0 bridgehead atoms. The van der Waals surface area contributed by atoms with Crippen molar-refractivity contribution < 1.29 is 4.79 Å². The van der Waals surface area contributed by atoms with E-state index in [2.05, 4.69) is 20.5 Å². The first-order valence-electron chi connectivity index (χ1n) is 8.87. The van der Waals surface area contributed by atoms with E-state index in [1.165, 1.54) is 19.4 Å². The van der Waals surface area contributed by atoms with Gasteiger partial charge in [0.2, 0.25) is 5.91 Å². The lowest BCUT2D eigenvalue weighted by molar-refractivity contribution is -0.121. The number of piperidine rings is 2. The summed E-state index contributed by atoms with van der Waals surface area (Å²) in [6.45, 7) is 7.61. The Morgan fingerprint density at radius 3 is 2.65 bits per heavy atom. The zero-order chi connectivity index (χ0) is 16.1. The highest BCUT2D eigenvalue weighted by Crippen LogP contribution is 2.22. The molecule has 2 N–H and O–H groups in total. The monoisotopic (exact) mass is 316 g/mol. The highest BCUT2D eigenvalue weighted by molar-refractivity contribution is 5.91. The SMILES string of the molecule is Cc1ccc(NC(=O)C2CCN(CC3CCNCC3)CC2)nc1. The van der Waals surface area contributed by atoms with Crippen LogP contribution in [-0.4, -0.2) is 48.5 Å². The van der Waals surface area contributed by atoms with E-state index >= 15 is 0 Å². The first-order valence-corrected chi connectivity index (χ1v) is 8.87. The molecule has 0 aliphatic carbocycles. The van der Waals surface area contributed by atoms with Crippen LogP contribution in [-0.2, 0) is 4.79 Å². The molecule has 0 atom stereocenters. The van der Waals surface area contributed by atoms with Crippen molar-refractivity contribution in [2.75, 3.05) is 38.0 Å². The molecule has 1 aromatic rings. The number of likely N-dealkylation sites (tertiary alicyclic amines) is 1. The second-order valence-electron chi connectivity index (χ2n) is 6.98. The Labute approximate surface area is 138 Å². The van der Waals surface area contributed by atoms with Crippen molar-refractivity contribution in [2.45, 2.75) is 32.6 Å². The average molecular weight is 316 g/mol. The largest absolute Gasteiger partial charge is 0.317 e. The Hall–Kier alpha value is -1.46. The van der Waals surface area contributed by atoms with Crippen molar-refractivity contribution >= 4 is 11.7 Å². The van der Waals surface area contributed by atoms with Gasteiger partial charge in [0.05, 0.1) is 0 Å². The Kier molecular flexibility index (Phi) is 5.62. The van der Waals surface area contributed by atoms with Crippen LogP contribution in [0.2, 0.25) is 0 Å². The second-order valence-corrected chi connectivity index (χ2v) is 6.98. The Bertz CT molecular complexity index is 502. The van der Waals surface area contributed by atoms with E-state index in [0.717, 1.165) is 50.5 Å². The number of hydrogen-bond acceptors (Lipinski definition) is 4. The van der Waals surface area contributed by atoms with E-state index in [1.54, 1.807) is 6.20 Å². The number of rotatable bonds is 4. The smallest absolute Gasteiger partial charge is 0.228 e. The third-order valence-electron chi connectivity index (χ3n) is 5.10. The van der Waals surface area contributed by atoms with Gasteiger partial charge in [0.15, 0.2) is 0 Å². The Balaban J connectivity index is 1.42. The van der Waals surface area contributed by atoms with Gasteiger partial charge in [-0.25, -0.2) is 4.98 Å². The molecule has 5 heteroatoms. The number of nitrogens with one attached hydrogen (secondary N) is 2. The average Bonchev–Trinajstić information content (AvgIpc) is 2.58. The maximum atomic E-state index is 12.4. The molecule has 0 aromatic carbocycles. The summed E-state index contributed by atoms with van der Waals surface area (Å²) >= 11 is 0. The maximum Gasteiger partial charge on any atom is 0.228 e. The predicted octanol–water partition coefficient (Wildman–Crippen LogP) is 2.04. The number of nitrogens with zero attached hydrogens (tertiary/aromatic N) is 2. The summed E-state index contributed by atoms with van der Waals surface area (Å²) in [6.07, 6.45) is 6.29. The molecule has 3 heterocycles. The number of anilines is 1. The summed E-state index contributed by atoms with van der Waals surface area (Å²) in [4.78, 5) is 19.2. The molecule has 0 radical (unpaired) electrons. The van der Waals surface area contributed by atoms with Crippen molar-refractivity contribution in [1.82, 2.24) is 15.2 Å². The molecule has 1 amide bonds. The predicted molar refractivity (Wildman–Crippen MR) is 92.4 cm³/mol. The van der Waals surface area contributed by atoms with E-state index < -0.39 is 0 Å². The minimum atomic E-state index is 0.127. The fraction of sp³-hybridized carbons (Fsp3) is 0.667. The number of carbonyl (C=O) groups is 1. The summed E-state index contributed by atoms with van der Waals surface area (Å²) in [7, 11) is 0. The minimum absolute atomic E-state index is 0.127. The van der Waals surface area contributed by atoms with Crippen LogP contribution in [0.1, 0.15) is 31.2 Å². The number of carbonyl (C=O) groups excluding carboxylic acids is 1. The van der Waals surface area contributed by atoms with Crippen LogP contribution in [0.15, 0.2) is 18.3 Å². The van der Waals surface area contributed by atoms with Gasteiger partial charge in [-0.2, -0.15) is 0 Å². The molecule has 1 aromatic heterocycles. The highest BCUT2D eigenvalue weighted by Gasteiger charge is 2.26. The molecule has 0 saturated carbocycles. The van der Waals surface area contributed by atoms with Crippen molar-refractivity contribution in [1.29, 1.82) is 0 Å². The summed E-state index contributed by atoms with van der Waals surface area (Å²) in [5.41, 5.74) is 1.11. The van der Waals surface area contributed by atoms with Gasteiger partial charge in [-0.1, -0.05) is 6.07 Å². The lowest BCUT2D eigenvalue weighted by Gasteiger charge is -2.35.